The van der Waals surface area contributed by atoms with Gasteiger partial charge in [-0.25, -0.2) is 4.39 Å². The summed E-state index contributed by atoms with van der Waals surface area (Å²) in [7, 11) is 0. The Morgan fingerprint density at radius 3 is 2.43 bits per heavy atom. The number of nitrogens with zero attached hydrogens (tertiary/aromatic N) is 1. The molecular weight excluding hydrogens is 297 g/mol. The van der Waals surface area contributed by atoms with Crippen LogP contribution in [0.25, 0.3) is 0 Å². The van der Waals surface area contributed by atoms with Crippen LogP contribution in [0.15, 0.2) is 48.5 Å². The first kappa shape index (κ1) is 16.2. The van der Waals surface area contributed by atoms with Gasteiger partial charge in [0.15, 0.2) is 0 Å². The van der Waals surface area contributed by atoms with Crippen LogP contribution in [0.4, 0.5) is 10.1 Å². The summed E-state index contributed by atoms with van der Waals surface area (Å²) >= 11 is 0. The lowest BCUT2D eigenvalue weighted by Crippen LogP contribution is -2.21. The number of halogens is 1. The minimum absolute atomic E-state index is 0.0275. The Kier molecular flexibility index (Phi) is 5.42. The lowest BCUT2D eigenvalue weighted by atomic mass is 10.1. The van der Waals surface area contributed by atoms with Gasteiger partial charge in [-0.15, -0.1) is 0 Å². The van der Waals surface area contributed by atoms with Crippen molar-refractivity contribution in [3.63, 3.8) is 0 Å². The summed E-state index contributed by atoms with van der Waals surface area (Å²) < 4.78 is 13.5. The maximum Gasteiger partial charge on any atom is 0.258 e. The Morgan fingerprint density at radius 1 is 1.09 bits per heavy atom. The van der Waals surface area contributed by atoms with Crippen molar-refractivity contribution < 1.29 is 14.0 Å². The van der Waals surface area contributed by atoms with E-state index in [0.29, 0.717) is 12.2 Å². The third-order valence-corrected chi connectivity index (χ3v) is 3.06. The van der Waals surface area contributed by atoms with Gasteiger partial charge in [-0.1, -0.05) is 24.3 Å². The topological polar surface area (TPSA) is 82.0 Å². The van der Waals surface area contributed by atoms with Crippen molar-refractivity contribution in [1.82, 2.24) is 5.32 Å². The third-order valence-electron chi connectivity index (χ3n) is 3.06. The van der Waals surface area contributed by atoms with E-state index in [0.717, 1.165) is 5.56 Å². The van der Waals surface area contributed by atoms with Crippen molar-refractivity contribution in [1.29, 1.82) is 5.26 Å². The number of anilines is 1. The molecule has 116 valence electrons. The maximum atomic E-state index is 13.5. The highest BCUT2D eigenvalue weighted by molar-refractivity contribution is 6.04. The maximum absolute atomic E-state index is 13.5. The van der Waals surface area contributed by atoms with E-state index in [1.807, 2.05) is 0 Å². The van der Waals surface area contributed by atoms with Crippen LogP contribution in [-0.4, -0.2) is 11.8 Å². The molecule has 0 unspecified atom stereocenters. The Labute approximate surface area is 132 Å². The predicted octanol–water partition coefficient (Wildman–Crippen LogP) is 2.61. The molecular formula is C17H14FN3O2. The number of rotatable bonds is 5. The first-order chi connectivity index (χ1) is 11.1. The van der Waals surface area contributed by atoms with Crippen molar-refractivity contribution >= 4 is 17.5 Å². The number of carbonyl (C=O) groups excluding carboxylic acids is 2. The summed E-state index contributed by atoms with van der Waals surface area (Å²) in [6.45, 7) is 0.294. The summed E-state index contributed by atoms with van der Waals surface area (Å²) in [6.07, 6.45) is -0.184. The molecule has 2 rings (SSSR count). The van der Waals surface area contributed by atoms with E-state index in [4.69, 9.17) is 5.26 Å². The van der Waals surface area contributed by atoms with E-state index in [-0.39, 0.29) is 17.9 Å². The number of amides is 2. The number of hydrogen-bond donors (Lipinski definition) is 2. The van der Waals surface area contributed by atoms with E-state index in [2.05, 4.69) is 10.6 Å². The molecule has 0 bridgehead atoms. The van der Waals surface area contributed by atoms with Crippen molar-refractivity contribution in [2.45, 2.75) is 13.0 Å². The van der Waals surface area contributed by atoms with Crippen molar-refractivity contribution in [3.8, 4) is 6.07 Å². The molecule has 2 N–H and O–H groups in total. The summed E-state index contributed by atoms with van der Waals surface area (Å²) in [4.78, 5) is 23.2. The number of nitriles is 1. The molecule has 0 atom stereocenters. The first-order valence-corrected chi connectivity index (χ1v) is 6.88. The fourth-order valence-corrected chi connectivity index (χ4v) is 1.88. The molecule has 0 saturated heterocycles. The second-order valence-electron chi connectivity index (χ2n) is 4.74. The fourth-order valence-electron chi connectivity index (χ4n) is 1.88. The molecule has 23 heavy (non-hydrogen) atoms. The van der Waals surface area contributed by atoms with E-state index in [1.54, 1.807) is 36.4 Å². The van der Waals surface area contributed by atoms with Crippen LogP contribution in [-0.2, 0) is 11.3 Å². The van der Waals surface area contributed by atoms with Gasteiger partial charge in [0.25, 0.3) is 5.91 Å². The standard InChI is InChI=1S/C17H14FN3O2/c18-15-4-2-1-3-14(15)17(23)21-13-7-5-12(6-8-13)11-20-16(22)9-10-19/h1-8H,9,11H2,(H,20,22)(H,21,23). The minimum Gasteiger partial charge on any atom is -0.351 e. The average Bonchev–Trinajstić information content (AvgIpc) is 2.55. The second-order valence-corrected chi connectivity index (χ2v) is 4.74. The number of hydrogen-bond acceptors (Lipinski definition) is 3. The van der Waals surface area contributed by atoms with E-state index in [9.17, 15) is 14.0 Å². The molecule has 0 heterocycles. The van der Waals surface area contributed by atoms with Gasteiger partial charge in [0.2, 0.25) is 5.91 Å². The average molecular weight is 311 g/mol. The molecule has 0 aliphatic carbocycles. The third kappa shape index (κ3) is 4.64. The molecule has 0 radical (unpaired) electrons. The quantitative estimate of drug-likeness (QED) is 0.890. The number of nitrogens with one attached hydrogen (secondary N) is 2. The van der Waals surface area contributed by atoms with Crippen LogP contribution in [0.2, 0.25) is 0 Å². The van der Waals surface area contributed by atoms with Crippen LogP contribution in [0, 0.1) is 17.1 Å². The largest absolute Gasteiger partial charge is 0.351 e. The van der Waals surface area contributed by atoms with Gasteiger partial charge in [-0.3, -0.25) is 9.59 Å². The predicted molar refractivity (Wildman–Crippen MR) is 82.9 cm³/mol. The van der Waals surface area contributed by atoms with Gasteiger partial charge in [0.1, 0.15) is 12.2 Å². The zero-order chi connectivity index (χ0) is 16.7. The lowest BCUT2D eigenvalue weighted by molar-refractivity contribution is -0.120. The summed E-state index contributed by atoms with van der Waals surface area (Å²) in [5.41, 5.74) is 1.31. The first-order valence-electron chi connectivity index (χ1n) is 6.88. The molecule has 2 aromatic carbocycles. The summed E-state index contributed by atoms with van der Waals surface area (Å²) in [5, 5.41) is 13.6. The molecule has 0 spiro atoms. The van der Waals surface area contributed by atoms with Crippen LogP contribution < -0.4 is 10.6 Å². The van der Waals surface area contributed by atoms with Gasteiger partial charge >= 0.3 is 0 Å². The normalized spacial score (nSPS) is 9.74. The van der Waals surface area contributed by atoms with Gasteiger partial charge in [-0.05, 0) is 29.8 Å². The van der Waals surface area contributed by atoms with E-state index < -0.39 is 11.7 Å². The molecule has 0 fully saturated rings. The van der Waals surface area contributed by atoms with Gasteiger partial charge < -0.3 is 10.6 Å². The molecule has 0 aliphatic heterocycles. The highest BCUT2D eigenvalue weighted by Gasteiger charge is 2.10. The SMILES string of the molecule is N#CCC(=O)NCc1ccc(NC(=O)c2ccccc2F)cc1. The Morgan fingerprint density at radius 2 is 1.78 bits per heavy atom. The molecule has 2 aromatic rings. The van der Waals surface area contributed by atoms with Crippen LogP contribution in [0.3, 0.4) is 0 Å². The molecule has 0 aromatic heterocycles. The smallest absolute Gasteiger partial charge is 0.258 e. The highest BCUT2D eigenvalue weighted by Crippen LogP contribution is 2.13. The van der Waals surface area contributed by atoms with Gasteiger partial charge in [0.05, 0.1) is 11.6 Å². The van der Waals surface area contributed by atoms with Crippen molar-refractivity contribution in [2.24, 2.45) is 0 Å². The van der Waals surface area contributed by atoms with Gasteiger partial charge in [-0.2, -0.15) is 5.26 Å². The molecule has 0 aliphatic rings. The van der Waals surface area contributed by atoms with E-state index in [1.165, 1.54) is 18.2 Å². The van der Waals surface area contributed by atoms with Crippen LogP contribution >= 0.6 is 0 Å². The second kappa shape index (κ2) is 7.71. The summed E-state index contributed by atoms with van der Waals surface area (Å²) in [6, 6.07) is 14.3. The Bertz CT molecular complexity index is 751. The number of carbonyl (C=O) groups is 2. The van der Waals surface area contributed by atoms with Gasteiger partial charge in [0, 0.05) is 12.2 Å². The lowest BCUT2D eigenvalue weighted by Gasteiger charge is -2.08. The highest BCUT2D eigenvalue weighted by atomic mass is 19.1. The molecule has 2 amide bonds. The van der Waals surface area contributed by atoms with Crippen molar-refractivity contribution in [3.05, 3.63) is 65.5 Å². The molecule has 5 nitrogen and oxygen atoms in total. The Balaban J connectivity index is 1.95. The summed E-state index contributed by atoms with van der Waals surface area (Å²) in [5.74, 6) is -1.45. The molecule has 6 heteroatoms. The molecule has 0 saturated carbocycles. The van der Waals surface area contributed by atoms with E-state index >= 15 is 0 Å². The van der Waals surface area contributed by atoms with Crippen LogP contribution in [0.5, 0.6) is 0 Å². The Hall–Kier alpha value is -3.20. The fraction of sp³-hybridized carbons (Fsp3) is 0.118. The van der Waals surface area contributed by atoms with Crippen LogP contribution in [0.1, 0.15) is 22.3 Å². The monoisotopic (exact) mass is 311 g/mol. The minimum atomic E-state index is -0.582. The zero-order valence-electron chi connectivity index (χ0n) is 12.2. The number of benzene rings is 2. The van der Waals surface area contributed by atoms with Crippen molar-refractivity contribution in [2.75, 3.05) is 5.32 Å². The zero-order valence-corrected chi connectivity index (χ0v) is 12.2.